The second kappa shape index (κ2) is 3.91. The molecule has 1 aliphatic rings. The number of rotatable bonds is 1. The summed E-state index contributed by atoms with van der Waals surface area (Å²) in [6, 6.07) is 3.40. The highest BCUT2D eigenvalue weighted by atomic mass is 35.5. The van der Waals surface area contributed by atoms with Gasteiger partial charge < -0.3 is 9.84 Å². The Morgan fingerprint density at radius 2 is 2.20 bits per heavy atom. The van der Waals surface area contributed by atoms with E-state index in [9.17, 15) is 4.79 Å². The molecule has 5 heteroatoms. The third kappa shape index (κ3) is 1.90. The van der Waals surface area contributed by atoms with Gasteiger partial charge in [0.25, 0.3) is 0 Å². The van der Waals surface area contributed by atoms with E-state index in [2.05, 4.69) is 0 Å². The van der Waals surface area contributed by atoms with Crippen molar-refractivity contribution in [1.29, 1.82) is 0 Å². The number of carboxylic acids is 1. The van der Waals surface area contributed by atoms with Crippen LogP contribution in [0, 0.1) is 5.92 Å². The first kappa shape index (κ1) is 10.6. The van der Waals surface area contributed by atoms with E-state index in [1.54, 1.807) is 12.1 Å². The molecule has 80 valence electrons. The number of fused-ring (bicyclic) bond motifs is 1. The Morgan fingerprint density at radius 3 is 2.87 bits per heavy atom. The molecular weight excluding hydrogens is 239 g/mol. The zero-order chi connectivity index (χ0) is 11.0. The van der Waals surface area contributed by atoms with Crippen LogP contribution in [0.4, 0.5) is 0 Å². The molecule has 0 bridgehead atoms. The lowest BCUT2D eigenvalue weighted by atomic mass is 9.97. The van der Waals surface area contributed by atoms with E-state index in [1.165, 1.54) is 0 Å². The smallest absolute Gasteiger partial charge is 0.310 e. The molecule has 15 heavy (non-hydrogen) atoms. The lowest BCUT2D eigenvalue weighted by Crippen LogP contribution is -2.27. The van der Waals surface area contributed by atoms with E-state index in [-0.39, 0.29) is 6.61 Å². The van der Waals surface area contributed by atoms with Gasteiger partial charge in [-0.3, -0.25) is 4.79 Å². The first-order valence-corrected chi connectivity index (χ1v) is 5.17. The molecule has 0 aromatic heterocycles. The van der Waals surface area contributed by atoms with Crippen LogP contribution in [-0.2, 0) is 11.2 Å². The summed E-state index contributed by atoms with van der Waals surface area (Å²) < 4.78 is 5.31. The fourth-order valence-electron chi connectivity index (χ4n) is 1.56. The molecule has 2 rings (SSSR count). The lowest BCUT2D eigenvalue weighted by Gasteiger charge is -2.23. The first-order chi connectivity index (χ1) is 7.09. The molecule has 1 aliphatic heterocycles. The minimum absolute atomic E-state index is 0.141. The molecule has 0 saturated carbocycles. The molecule has 1 N–H and O–H groups in total. The van der Waals surface area contributed by atoms with E-state index in [1.807, 2.05) is 0 Å². The van der Waals surface area contributed by atoms with Crippen molar-refractivity contribution in [1.82, 2.24) is 0 Å². The van der Waals surface area contributed by atoms with Crippen LogP contribution in [0.25, 0.3) is 0 Å². The molecule has 0 spiro atoms. The molecule has 0 saturated heterocycles. The van der Waals surface area contributed by atoms with E-state index >= 15 is 0 Å². The van der Waals surface area contributed by atoms with Crippen LogP contribution in [0.15, 0.2) is 12.1 Å². The number of hydrogen-bond donors (Lipinski definition) is 1. The largest absolute Gasteiger partial charge is 0.491 e. The summed E-state index contributed by atoms with van der Waals surface area (Å²) in [7, 11) is 0. The fraction of sp³-hybridized carbons (Fsp3) is 0.300. The van der Waals surface area contributed by atoms with Crippen LogP contribution in [0.2, 0.25) is 10.0 Å². The van der Waals surface area contributed by atoms with Crippen molar-refractivity contribution in [2.45, 2.75) is 6.42 Å². The van der Waals surface area contributed by atoms with Gasteiger partial charge in [-0.05, 0) is 18.1 Å². The second-order valence-electron chi connectivity index (χ2n) is 3.40. The zero-order valence-electron chi connectivity index (χ0n) is 7.67. The summed E-state index contributed by atoms with van der Waals surface area (Å²) in [5.74, 6) is -0.844. The SMILES string of the molecule is O=C(O)C1COc2c(ccc(Cl)c2Cl)C1. The van der Waals surface area contributed by atoms with Crippen molar-refractivity contribution in [3.05, 3.63) is 27.7 Å². The van der Waals surface area contributed by atoms with Crippen LogP contribution < -0.4 is 4.74 Å². The Bertz CT molecular complexity index is 417. The van der Waals surface area contributed by atoms with Gasteiger partial charge >= 0.3 is 5.97 Å². The van der Waals surface area contributed by atoms with Crippen LogP contribution in [0.1, 0.15) is 5.56 Å². The van der Waals surface area contributed by atoms with Crippen LogP contribution in [0.3, 0.4) is 0 Å². The van der Waals surface area contributed by atoms with Crippen molar-refractivity contribution in [3.8, 4) is 5.75 Å². The summed E-state index contributed by atoms with van der Waals surface area (Å²) in [5.41, 5.74) is 0.794. The molecule has 3 nitrogen and oxygen atoms in total. The highest BCUT2D eigenvalue weighted by Crippen LogP contribution is 2.38. The Kier molecular flexibility index (Phi) is 2.76. The number of carboxylic acid groups (broad SMARTS) is 1. The molecule has 1 aromatic rings. The van der Waals surface area contributed by atoms with Crippen LogP contribution in [-0.4, -0.2) is 17.7 Å². The average molecular weight is 247 g/mol. The molecule has 1 aromatic carbocycles. The van der Waals surface area contributed by atoms with Gasteiger partial charge in [-0.15, -0.1) is 0 Å². The predicted octanol–water partition coefficient (Wildman–Crippen LogP) is 2.63. The third-order valence-corrected chi connectivity index (χ3v) is 3.16. The van der Waals surface area contributed by atoms with Gasteiger partial charge in [-0.25, -0.2) is 0 Å². The Labute approximate surface area is 96.6 Å². The molecule has 1 atom stereocenters. The van der Waals surface area contributed by atoms with Gasteiger partial charge in [0.1, 0.15) is 17.4 Å². The van der Waals surface area contributed by atoms with E-state index < -0.39 is 11.9 Å². The summed E-state index contributed by atoms with van der Waals surface area (Å²) >= 11 is 11.8. The molecule has 0 fully saturated rings. The van der Waals surface area contributed by atoms with Gasteiger partial charge in [-0.1, -0.05) is 29.3 Å². The van der Waals surface area contributed by atoms with Crippen molar-refractivity contribution in [2.75, 3.05) is 6.61 Å². The van der Waals surface area contributed by atoms with E-state index in [4.69, 9.17) is 33.0 Å². The highest BCUT2D eigenvalue weighted by molar-refractivity contribution is 6.43. The lowest BCUT2D eigenvalue weighted by molar-refractivity contribution is -0.143. The molecular formula is C10H8Cl2O3. The number of ether oxygens (including phenoxy) is 1. The maximum absolute atomic E-state index is 10.8. The van der Waals surface area contributed by atoms with Crippen molar-refractivity contribution < 1.29 is 14.6 Å². The quantitative estimate of drug-likeness (QED) is 0.829. The van der Waals surface area contributed by atoms with Gasteiger partial charge in [0.05, 0.1) is 10.9 Å². The van der Waals surface area contributed by atoms with E-state index in [0.717, 1.165) is 5.56 Å². The molecule has 1 heterocycles. The minimum atomic E-state index is -0.855. The average Bonchev–Trinajstić information content (AvgIpc) is 2.23. The summed E-state index contributed by atoms with van der Waals surface area (Å²) in [6.45, 7) is 0.141. The minimum Gasteiger partial charge on any atom is -0.491 e. The third-order valence-electron chi connectivity index (χ3n) is 2.38. The summed E-state index contributed by atoms with van der Waals surface area (Å²) in [4.78, 5) is 10.8. The molecule has 0 radical (unpaired) electrons. The van der Waals surface area contributed by atoms with Crippen molar-refractivity contribution in [3.63, 3.8) is 0 Å². The molecule has 0 aliphatic carbocycles. The Balaban J connectivity index is 2.36. The predicted molar refractivity (Wildman–Crippen MR) is 56.8 cm³/mol. The normalized spacial score (nSPS) is 19.2. The second-order valence-corrected chi connectivity index (χ2v) is 4.19. The van der Waals surface area contributed by atoms with Gasteiger partial charge in [0.15, 0.2) is 0 Å². The zero-order valence-corrected chi connectivity index (χ0v) is 9.18. The standard InChI is InChI=1S/C10H8Cl2O3/c11-7-2-1-5-3-6(10(13)14)4-15-9(5)8(7)12/h1-2,6H,3-4H2,(H,13,14). The maximum atomic E-state index is 10.8. The van der Waals surface area contributed by atoms with Gasteiger partial charge in [-0.2, -0.15) is 0 Å². The molecule has 0 amide bonds. The number of halogens is 2. The fourth-order valence-corrected chi connectivity index (χ4v) is 1.94. The van der Waals surface area contributed by atoms with Crippen molar-refractivity contribution >= 4 is 29.2 Å². The highest BCUT2D eigenvalue weighted by Gasteiger charge is 2.27. The molecule has 1 unspecified atom stereocenters. The maximum Gasteiger partial charge on any atom is 0.310 e. The topological polar surface area (TPSA) is 46.5 Å². The monoisotopic (exact) mass is 246 g/mol. The Hall–Kier alpha value is -0.930. The van der Waals surface area contributed by atoms with Crippen molar-refractivity contribution in [2.24, 2.45) is 5.92 Å². The number of carbonyl (C=O) groups is 1. The van der Waals surface area contributed by atoms with Gasteiger partial charge in [0.2, 0.25) is 0 Å². The first-order valence-electron chi connectivity index (χ1n) is 4.42. The van der Waals surface area contributed by atoms with E-state index in [0.29, 0.717) is 22.2 Å². The van der Waals surface area contributed by atoms with Crippen LogP contribution in [0.5, 0.6) is 5.75 Å². The number of aliphatic carboxylic acids is 1. The summed E-state index contributed by atoms with van der Waals surface area (Å²) in [5, 5.41) is 9.63. The number of benzene rings is 1. The van der Waals surface area contributed by atoms with Gasteiger partial charge in [0, 0.05) is 0 Å². The summed E-state index contributed by atoms with van der Waals surface area (Å²) in [6.07, 6.45) is 0.432. The number of hydrogen-bond acceptors (Lipinski definition) is 2. The van der Waals surface area contributed by atoms with Crippen LogP contribution >= 0.6 is 23.2 Å². The Morgan fingerprint density at radius 1 is 1.47 bits per heavy atom.